The van der Waals surface area contributed by atoms with Crippen LogP contribution in [0.15, 0.2) is 18.2 Å². The number of hydrogen-bond acceptors (Lipinski definition) is 3. The molecule has 1 aromatic rings. The van der Waals surface area contributed by atoms with Crippen LogP contribution in [-0.2, 0) is 0 Å². The van der Waals surface area contributed by atoms with Crippen LogP contribution in [0.3, 0.4) is 0 Å². The van der Waals surface area contributed by atoms with Crippen molar-refractivity contribution < 1.29 is 4.39 Å². The molecule has 0 saturated heterocycles. The van der Waals surface area contributed by atoms with E-state index in [2.05, 4.69) is 6.07 Å². The Balaban J connectivity index is 2.93. The number of benzene rings is 1. The van der Waals surface area contributed by atoms with E-state index in [9.17, 15) is 4.39 Å². The van der Waals surface area contributed by atoms with Crippen LogP contribution in [0.1, 0.15) is 31.9 Å². The SMILES string of the molecule is CCN(CCC#N)c1ccc([C@H](C)N)cc1F. The maximum absolute atomic E-state index is 13.9. The van der Waals surface area contributed by atoms with Crippen LogP contribution in [-0.4, -0.2) is 13.1 Å². The maximum atomic E-state index is 13.9. The van der Waals surface area contributed by atoms with Crippen molar-refractivity contribution in [1.29, 1.82) is 5.26 Å². The molecule has 0 aliphatic carbocycles. The van der Waals surface area contributed by atoms with Gasteiger partial charge < -0.3 is 10.6 Å². The first-order valence-corrected chi connectivity index (χ1v) is 5.77. The number of rotatable bonds is 5. The van der Waals surface area contributed by atoms with E-state index in [1.165, 1.54) is 6.07 Å². The minimum Gasteiger partial charge on any atom is -0.368 e. The molecular weight excluding hydrogens is 217 g/mol. The normalized spacial score (nSPS) is 11.9. The zero-order valence-corrected chi connectivity index (χ0v) is 10.3. The zero-order chi connectivity index (χ0) is 12.8. The highest BCUT2D eigenvalue weighted by Crippen LogP contribution is 2.22. The molecule has 0 saturated carbocycles. The number of anilines is 1. The minimum atomic E-state index is -0.278. The number of hydrogen-bond donors (Lipinski definition) is 1. The van der Waals surface area contributed by atoms with E-state index in [0.717, 1.165) is 5.56 Å². The molecule has 17 heavy (non-hydrogen) atoms. The molecule has 0 heterocycles. The number of nitrogens with two attached hydrogens (primary N) is 1. The lowest BCUT2D eigenvalue weighted by Gasteiger charge is -2.23. The van der Waals surface area contributed by atoms with Crippen LogP contribution >= 0.6 is 0 Å². The molecule has 1 atom stereocenters. The molecule has 0 amide bonds. The van der Waals surface area contributed by atoms with Crippen molar-refractivity contribution in [3.05, 3.63) is 29.6 Å². The predicted octanol–water partition coefficient (Wildman–Crippen LogP) is 2.59. The molecule has 0 aliphatic rings. The summed E-state index contributed by atoms with van der Waals surface area (Å²) in [4.78, 5) is 1.85. The summed E-state index contributed by atoms with van der Waals surface area (Å²) >= 11 is 0. The topological polar surface area (TPSA) is 53.0 Å². The zero-order valence-electron chi connectivity index (χ0n) is 10.3. The molecule has 0 radical (unpaired) electrons. The molecule has 1 aromatic carbocycles. The van der Waals surface area contributed by atoms with Gasteiger partial charge in [0.15, 0.2) is 0 Å². The van der Waals surface area contributed by atoms with Crippen LogP contribution in [0.4, 0.5) is 10.1 Å². The Bertz CT molecular complexity index is 410. The summed E-state index contributed by atoms with van der Waals surface area (Å²) in [5.74, 6) is -0.278. The quantitative estimate of drug-likeness (QED) is 0.853. The van der Waals surface area contributed by atoms with Gasteiger partial charge in [-0.1, -0.05) is 6.07 Å². The molecule has 0 fully saturated rings. The third kappa shape index (κ3) is 3.43. The Kier molecular flexibility index (Phi) is 4.92. The first-order valence-electron chi connectivity index (χ1n) is 5.77. The number of halogens is 1. The molecule has 2 N–H and O–H groups in total. The second-order valence-corrected chi connectivity index (χ2v) is 3.99. The molecule has 3 nitrogen and oxygen atoms in total. The lowest BCUT2D eigenvalue weighted by molar-refractivity contribution is 0.613. The van der Waals surface area contributed by atoms with Gasteiger partial charge in [0, 0.05) is 19.1 Å². The van der Waals surface area contributed by atoms with Crippen molar-refractivity contribution in [2.45, 2.75) is 26.3 Å². The van der Waals surface area contributed by atoms with E-state index < -0.39 is 0 Å². The van der Waals surface area contributed by atoms with E-state index in [-0.39, 0.29) is 11.9 Å². The molecule has 0 bridgehead atoms. The summed E-state index contributed by atoms with van der Waals surface area (Å²) in [7, 11) is 0. The molecule has 0 aromatic heterocycles. The van der Waals surface area contributed by atoms with Gasteiger partial charge in [0.25, 0.3) is 0 Å². The Morgan fingerprint density at radius 3 is 2.71 bits per heavy atom. The highest BCUT2D eigenvalue weighted by atomic mass is 19.1. The van der Waals surface area contributed by atoms with Gasteiger partial charge in [0.05, 0.1) is 18.2 Å². The van der Waals surface area contributed by atoms with E-state index in [4.69, 9.17) is 11.0 Å². The predicted molar refractivity (Wildman–Crippen MR) is 67.1 cm³/mol. The highest BCUT2D eigenvalue weighted by molar-refractivity contribution is 5.49. The van der Waals surface area contributed by atoms with E-state index in [0.29, 0.717) is 25.2 Å². The van der Waals surface area contributed by atoms with Crippen molar-refractivity contribution in [2.75, 3.05) is 18.0 Å². The highest BCUT2D eigenvalue weighted by Gasteiger charge is 2.11. The van der Waals surface area contributed by atoms with Gasteiger partial charge in [-0.25, -0.2) is 4.39 Å². The van der Waals surface area contributed by atoms with Gasteiger partial charge in [0.1, 0.15) is 5.82 Å². The van der Waals surface area contributed by atoms with Crippen molar-refractivity contribution >= 4 is 5.69 Å². The van der Waals surface area contributed by atoms with E-state index in [1.54, 1.807) is 6.07 Å². The van der Waals surface area contributed by atoms with Gasteiger partial charge in [-0.05, 0) is 31.5 Å². The summed E-state index contributed by atoms with van der Waals surface area (Å²) in [6.07, 6.45) is 0.391. The van der Waals surface area contributed by atoms with Crippen LogP contribution in [0.2, 0.25) is 0 Å². The third-order valence-electron chi connectivity index (χ3n) is 2.71. The van der Waals surface area contributed by atoms with Crippen LogP contribution < -0.4 is 10.6 Å². The fraction of sp³-hybridized carbons (Fsp3) is 0.462. The Hall–Kier alpha value is -1.60. The van der Waals surface area contributed by atoms with E-state index in [1.807, 2.05) is 24.8 Å². The first kappa shape index (κ1) is 13.5. The second-order valence-electron chi connectivity index (χ2n) is 3.99. The number of nitrogens with zero attached hydrogens (tertiary/aromatic N) is 2. The van der Waals surface area contributed by atoms with Crippen molar-refractivity contribution in [1.82, 2.24) is 0 Å². The third-order valence-corrected chi connectivity index (χ3v) is 2.71. The molecular formula is C13H18FN3. The molecule has 92 valence electrons. The number of nitriles is 1. The standard InChI is InChI=1S/C13H18FN3/c1-3-17(8-4-7-15)13-6-5-11(10(2)16)9-12(13)14/h5-6,9-10H,3-4,8,16H2,1-2H3/t10-/m0/s1. The second kappa shape index (κ2) is 6.21. The average Bonchev–Trinajstić information content (AvgIpc) is 2.31. The van der Waals surface area contributed by atoms with Crippen molar-refractivity contribution in [3.63, 3.8) is 0 Å². The molecule has 0 aliphatic heterocycles. The van der Waals surface area contributed by atoms with Gasteiger partial charge in [-0.3, -0.25) is 0 Å². The van der Waals surface area contributed by atoms with Crippen LogP contribution in [0.25, 0.3) is 0 Å². The fourth-order valence-electron chi connectivity index (χ4n) is 1.70. The monoisotopic (exact) mass is 235 g/mol. The molecule has 4 heteroatoms. The lowest BCUT2D eigenvalue weighted by atomic mass is 10.1. The largest absolute Gasteiger partial charge is 0.368 e. The van der Waals surface area contributed by atoms with Crippen LogP contribution in [0.5, 0.6) is 0 Å². The Morgan fingerprint density at radius 2 is 2.24 bits per heavy atom. The van der Waals surface area contributed by atoms with E-state index >= 15 is 0 Å². The maximum Gasteiger partial charge on any atom is 0.146 e. The summed E-state index contributed by atoms with van der Waals surface area (Å²) in [6, 6.07) is 6.92. The van der Waals surface area contributed by atoms with Gasteiger partial charge in [-0.15, -0.1) is 0 Å². The molecule has 0 spiro atoms. The van der Waals surface area contributed by atoms with Gasteiger partial charge >= 0.3 is 0 Å². The van der Waals surface area contributed by atoms with Crippen molar-refractivity contribution in [3.8, 4) is 6.07 Å². The summed E-state index contributed by atoms with van der Waals surface area (Å²) in [5.41, 5.74) is 7.01. The summed E-state index contributed by atoms with van der Waals surface area (Å²) in [5, 5.41) is 8.56. The smallest absolute Gasteiger partial charge is 0.146 e. The Morgan fingerprint density at radius 1 is 1.53 bits per heavy atom. The summed E-state index contributed by atoms with van der Waals surface area (Å²) < 4.78 is 13.9. The molecule has 1 rings (SSSR count). The minimum absolute atomic E-state index is 0.173. The summed E-state index contributed by atoms with van der Waals surface area (Å²) in [6.45, 7) is 4.98. The fourth-order valence-corrected chi connectivity index (χ4v) is 1.70. The van der Waals surface area contributed by atoms with Gasteiger partial charge in [-0.2, -0.15) is 5.26 Å². The Labute approximate surface area is 102 Å². The van der Waals surface area contributed by atoms with Gasteiger partial charge in [0.2, 0.25) is 0 Å². The van der Waals surface area contributed by atoms with Crippen molar-refractivity contribution in [2.24, 2.45) is 5.73 Å². The van der Waals surface area contributed by atoms with Crippen LogP contribution in [0, 0.1) is 17.1 Å². The lowest BCUT2D eigenvalue weighted by Crippen LogP contribution is -2.24. The molecule has 0 unspecified atom stereocenters. The first-order chi connectivity index (χ1) is 8.10. The average molecular weight is 235 g/mol.